The summed E-state index contributed by atoms with van der Waals surface area (Å²) in [5, 5.41) is 2.55. The number of benzene rings is 1. The molecule has 0 saturated carbocycles. The van der Waals surface area contributed by atoms with E-state index in [1.807, 2.05) is 20.8 Å². The van der Waals surface area contributed by atoms with Crippen LogP contribution in [0.4, 0.5) is 18.9 Å². The minimum Gasteiger partial charge on any atom is -0.405 e. The van der Waals surface area contributed by atoms with Gasteiger partial charge >= 0.3 is 6.36 Å². The Labute approximate surface area is 129 Å². The lowest BCUT2D eigenvalue weighted by Crippen LogP contribution is -2.45. The van der Waals surface area contributed by atoms with Gasteiger partial charge in [-0.05, 0) is 39.5 Å². The summed E-state index contributed by atoms with van der Waals surface area (Å²) < 4.78 is 40.3. The summed E-state index contributed by atoms with van der Waals surface area (Å²) in [7, 11) is 0. The number of anilines is 1. The van der Waals surface area contributed by atoms with E-state index in [9.17, 15) is 18.0 Å². The van der Waals surface area contributed by atoms with E-state index < -0.39 is 23.7 Å². The van der Waals surface area contributed by atoms with Gasteiger partial charge in [0.15, 0.2) is 0 Å². The maximum Gasteiger partial charge on any atom is 0.573 e. The molecule has 4 nitrogen and oxygen atoms in total. The predicted molar refractivity (Wildman–Crippen MR) is 76.9 cm³/mol. The molecule has 0 aliphatic carbocycles. The molecule has 8 heteroatoms. The maximum atomic E-state index is 12.1. The van der Waals surface area contributed by atoms with E-state index in [2.05, 4.69) is 26.0 Å². The highest BCUT2D eigenvalue weighted by atomic mass is 79.9. The van der Waals surface area contributed by atoms with E-state index in [4.69, 9.17) is 5.73 Å². The van der Waals surface area contributed by atoms with Crippen LogP contribution in [0, 0.1) is 5.41 Å². The molecular weight excluding hydrogens is 353 g/mol. The first kappa shape index (κ1) is 17.8. The lowest BCUT2D eigenvalue weighted by atomic mass is 9.87. The van der Waals surface area contributed by atoms with Gasteiger partial charge in [-0.2, -0.15) is 0 Å². The van der Waals surface area contributed by atoms with Crippen molar-refractivity contribution in [2.45, 2.75) is 33.2 Å². The first-order chi connectivity index (χ1) is 9.40. The molecule has 0 fully saturated rings. The van der Waals surface area contributed by atoms with Crippen molar-refractivity contribution in [2.24, 2.45) is 11.1 Å². The molecule has 0 bridgehead atoms. The topological polar surface area (TPSA) is 64.4 Å². The van der Waals surface area contributed by atoms with Crippen LogP contribution in [0.25, 0.3) is 0 Å². The summed E-state index contributed by atoms with van der Waals surface area (Å²) in [6.45, 7) is 5.44. The number of nitrogens with one attached hydrogen (secondary N) is 1. The molecule has 118 valence electrons. The second-order valence-electron chi connectivity index (χ2n) is 5.53. The van der Waals surface area contributed by atoms with Crippen molar-refractivity contribution in [3.05, 3.63) is 22.7 Å². The average molecular weight is 369 g/mol. The number of carbonyl (C=O) groups excluding carboxylic acids is 1. The Balaban J connectivity index is 2.83. The molecule has 1 atom stereocenters. The highest BCUT2D eigenvalue weighted by molar-refractivity contribution is 9.10. The number of hydrogen-bond donors (Lipinski definition) is 2. The van der Waals surface area contributed by atoms with E-state index in [1.54, 1.807) is 0 Å². The molecular formula is C13H16BrF3N2O2. The van der Waals surface area contributed by atoms with Crippen LogP contribution in [0.1, 0.15) is 20.8 Å². The van der Waals surface area contributed by atoms with Crippen molar-refractivity contribution in [1.82, 2.24) is 0 Å². The summed E-state index contributed by atoms with van der Waals surface area (Å²) >= 11 is 2.96. The summed E-state index contributed by atoms with van der Waals surface area (Å²) in [6, 6.07) is 2.98. The zero-order chi connectivity index (χ0) is 16.4. The largest absolute Gasteiger partial charge is 0.573 e. The molecule has 1 aromatic rings. The smallest absolute Gasteiger partial charge is 0.405 e. The molecule has 0 heterocycles. The van der Waals surface area contributed by atoms with Crippen molar-refractivity contribution in [3.8, 4) is 5.75 Å². The third-order valence-electron chi connectivity index (χ3n) is 2.64. The number of carbonyl (C=O) groups is 1. The van der Waals surface area contributed by atoms with Crippen molar-refractivity contribution in [2.75, 3.05) is 5.32 Å². The highest BCUT2D eigenvalue weighted by Crippen LogP contribution is 2.32. The number of ether oxygens (including phenoxy) is 1. The number of halogens is 4. The van der Waals surface area contributed by atoms with Crippen LogP contribution in [-0.2, 0) is 4.79 Å². The number of alkyl halides is 3. The second-order valence-corrected chi connectivity index (χ2v) is 6.38. The van der Waals surface area contributed by atoms with Gasteiger partial charge in [0.05, 0.1) is 10.5 Å². The minimum atomic E-state index is -4.78. The van der Waals surface area contributed by atoms with Gasteiger partial charge in [0, 0.05) is 5.69 Å². The predicted octanol–water partition coefficient (Wildman–Crippen LogP) is 3.66. The van der Waals surface area contributed by atoms with E-state index in [0.29, 0.717) is 5.69 Å². The van der Waals surface area contributed by atoms with Gasteiger partial charge in [-0.1, -0.05) is 20.8 Å². The molecule has 0 aromatic heterocycles. The van der Waals surface area contributed by atoms with E-state index in [-0.39, 0.29) is 10.2 Å². The number of rotatable bonds is 3. The van der Waals surface area contributed by atoms with Gasteiger partial charge in [-0.25, -0.2) is 0 Å². The first-order valence-corrected chi connectivity index (χ1v) is 6.81. The molecule has 1 unspecified atom stereocenters. The van der Waals surface area contributed by atoms with Gasteiger partial charge in [0.1, 0.15) is 5.75 Å². The molecule has 1 aromatic carbocycles. The van der Waals surface area contributed by atoms with Gasteiger partial charge in [0.25, 0.3) is 0 Å². The van der Waals surface area contributed by atoms with Crippen LogP contribution >= 0.6 is 15.9 Å². The zero-order valence-corrected chi connectivity index (χ0v) is 13.3. The quantitative estimate of drug-likeness (QED) is 0.855. The standard InChI is InChI=1S/C13H16BrF3N2O2/c1-12(2,3)10(18)11(20)19-7-4-5-9(8(14)6-7)21-13(15,16)17/h4-6,10H,18H2,1-3H3,(H,19,20). The van der Waals surface area contributed by atoms with Gasteiger partial charge < -0.3 is 15.8 Å². The summed E-state index contributed by atoms with van der Waals surface area (Å²) in [6.07, 6.45) is -4.78. The highest BCUT2D eigenvalue weighted by Gasteiger charge is 2.32. The lowest BCUT2D eigenvalue weighted by molar-refractivity contribution is -0.274. The van der Waals surface area contributed by atoms with Crippen molar-refractivity contribution < 1.29 is 22.7 Å². The molecule has 0 radical (unpaired) electrons. The normalized spacial score (nSPS) is 13.7. The van der Waals surface area contributed by atoms with Gasteiger partial charge in [-0.15, -0.1) is 13.2 Å². The molecule has 0 spiro atoms. The Morgan fingerprint density at radius 3 is 2.33 bits per heavy atom. The summed E-state index contributed by atoms with van der Waals surface area (Å²) in [5.74, 6) is -0.806. The van der Waals surface area contributed by atoms with Crippen LogP contribution in [-0.4, -0.2) is 18.3 Å². The molecule has 0 aliphatic heterocycles. The Kier molecular flexibility index (Phi) is 5.27. The van der Waals surface area contributed by atoms with Crippen molar-refractivity contribution in [3.63, 3.8) is 0 Å². The summed E-state index contributed by atoms with van der Waals surface area (Å²) in [4.78, 5) is 11.9. The van der Waals surface area contributed by atoms with Crippen LogP contribution < -0.4 is 15.8 Å². The molecule has 21 heavy (non-hydrogen) atoms. The second kappa shape index (κ2) is 6.23. The minimum absolute atomic E-state index is 0.0713. The number of hydrogen-bond acceptors (Lipinski definition) is 3. The zero-order valence-electron chi connectivity index (χ0n) is 11.7. The molecule has 0 aliphatic rings. The SMILES string of the molecule is CC(C)(C)C(N)C(=O)Nc1ccc(OC(F)(F)F)c(Br)c1. The molecule has 3 N–H and O–H groups in total. The molecule has 1 amide bonds. The van der Waals surface area contributed by atoms with E-state index in [0.717, 1.165) is 6.07 Å². The Hall–Kier alpha value is -1.28. The van der Waals surface area contributed by atoms with Crippen molar-refractivity contribution in [1.29, 1.82) is 0 Å². The molecule has 0 saturated heterocycles. The monoisotopic (exact) mass is 368 g/mol. The Morgan fingerprint density at radius 2 is 1.90 bits per heavy atom. The number of nitrogens with two attached hydrogens (primary N) is 1. The van der Waals surface area contributed by atoms with Crippen LogP contribution in [0.5, 0.6) is 5.75 Å². The van der Waals surface area contributed by atoms with Crippen LogP contribution in [0.15, 0.2) is 22.7 Å². The van der Waals surface area contributed by atoms with Crippen molar-refractivity contribution >= 4 is 27.5 Å². The van der Waals surface area contributed by atoms with Crippen LogP contribution in [0.2, 0.25) is 0 Å². The average Bonchev–Trinajstić information content (AvgIpc) is 2.29. The maximum absolute atomic E-state index is 12.1. The molecule has 1 rings (SSSR count). The van der Waals surface area contributed by atoms with Crippen LogP contribution in [0.3, 0.4) is 0 Å². The Bertz CT molecular complexity index is 527. The Morgan fingerprint density at radius 1 is 1.33 bits per heavy atom. The van der Waals surface area contributed by atoms with E-state index in [1.165, 1.54) is 12.1 Å². The fourth-order valence-electron chi connectivity index (χ4n) is 1.40. The third kappa shape index (κ3) is 5.55. The third-order valence-corrected chi connectivity index (χ3v) is 3.26. The lowest BCUT2D eigenvalue weighted by Gasteiger charge is -2.25. The fourth-order valence-corrected chi connectivity index (χ4v) is 1.86. The van der Waals surface area contributed by atoms with E-state index >= 15 is 0 Å². The summed E-state index contributed by atoms with van der Waals surface area (Å²) in [5.41, 5.74) is 5.69. The fraction of sp³-hybridized carbons (Fsp3) is 0.462. The van der Waals surface area contributed by atoms with Gasteiger partial charge in [-0.3, -0.25) is 4.79 Å². The number of amides is 1. The van der Waals surface area contributed by atoms with Gasteiger partial charge in [0.2, 0.25) is 5.91 Å². The first-order valence-electron chi connectivity index (χ1n) is 6.02.